The zero-order valence-electron chi connectivity index (χ0n) is 34.5. The number of fused-ring (bicyclic) bond motifs is 7. The maximum atomic E-state index is 2.60. The Labute approximate surface area is 361 Å². The average Bonchev–Trinajstić information content (AvgIpc) is 3.65. The van der Waals surface area contributed by atoms with E-state index in [0.717, 1.165) is 0 Å². The fourth-order valence-corrected chi connectivity index (χ4v) is 17.5. The number of rotatable bonds is 7. The molecule has 0 bridgehead atoms. The molecule has 0 spiro atoms. The van der Waals surface area contributed by atoms with Crippen LogP contribution in [0, 0.1) is 0 Å². The van der Waals surface area contributed by atoms with Gasteiger partial charge in [0.25, 0.3) is 0 Å². The minimum Gasteiger partial charge on any atom is -0.0623 e. The first-order valence-corrected chi connectivity index (χ1v) is 24.9. The molecule has 11 rings (SSSR count). The summed E-state index contributed by atoms with van der Waals surface area (Å²) < 4.78 is 2.83. The fraction of sp³-hybridized carbons (Fsp3) is 0.103. The van der Waals surface area contributed by atoms with E-state index in [9.17, 15) is 0 Å². The molecule has 0 N–H and O–H groups in total. The van der Waals surface area contributed by atoms with Crippen LogP contribution in [0.15, 0.2) is 206 Å². The van der Waals surface area contributed by atoms with Crippen LogP contribution in [0.4, 0.5) is 0 Å². The molecule has 0 amide bonds. The van der Waals surface area contributed by atoms with Crippen LogP contribution < -0.4 is 29.7 Å². The summed E-state index contributed by atoms with van der Waals surface area (Å²) in [5.74, 6) is 0. The predicted molar refractivity (Wildman–Crippen MR) is 260 cm³/mol. The van der Waals surface area contributed by atoms with Crippen molar-refractivity contribution < 1.29 is 0 Å². The van der Waals surface area contributed by atoms with Crippen LogP contribution in [0.1, 0.15) is 49.9 Å². The van der Waals surface area contributed by atoms with Crippen molar-refractivity contribution in [2.45, 2.75) is 38.5 Å². The van der Waals surface area contributed by atoms with Crippen molar-refractivity contribution in [2.24, 2.45) is 0 Å². The average molecular weight is 850 g/mol. The van der Waals surface area contributed by atoms with Gasteiger partial charge in [-0.15, -0.1) is 0 Å². The van der Waals surface area contributed by atoms with E-state index in [1.165, 1.54) is 96.1 Å². The van der Waals surface area contributed by atoms with E-state index in [0.29, 0.717) is 0 Å². The summed E-state index contributed by atoms with van der Waals surface area (Å²) in [6, 6.07) is 78.5. The van der Waals surface area contributed by atoms with Crippen molar-refractivity contribution in [3.05, 3.63) is 229 Å². The molecule has 0 fully saturated rings. The summed E-state index contributed by atoms with van der Waals surface area (Å²) in [7, 11) is -2.67. The Morgan fingerprint density at radius 1 is 0.333 bits per heavy atom. The van der Waals surface area contributed by atoms with Gasteiger partial charge in [0.15, 0.2) is 8.07 Å². The standard InChI is InChI=1S/C58H46SeSi/c1-57(2)52-35-39(45-33-34-56(49-28-18-17-27-46(45)49)59-40-19-9-5-10-20-40)29-31-47(52)50-37-55-51(38-54(50)57)48-32-30-44(36-53(48)58(55,3)4)60(41-21-11-6-12-22-41,42-23-13-7-14-24-42)43-25-15-8-16-26-43/h5-38H,1-4H3. The van der Waals surface area contributed by atoms with Gasteiger partial charge in [-0.1, -0.05) is 123 Å². The Bertz CT molecular complexity index is 3000. The van der Waals surface area contributed by atoms with E-state index >= 15 is 0 Å². The van der Waals surface area contributed by atoms with Gasteiger partial charge >= 0.3 is 206 Å². The van der Waals surface area contributed by atoms with E-state index in [1.54, 1.807) is 0 Å². The predicted octanol–water partition coefficient (Wildman–Crippen LogP) is 10.2. The SMILES string of the molecule is CC1(C)c2cc(-c3ccc([Se]c4ccccc4)c4ccccc34)ccc2-c2cc3c(cc21)-c1ccc([Si](c2ccccc2)(c2ccccc2)c2ccccc2)cc1C3(C)C. The summed E-state index contributed by atoms with van der Waals surface area (Å²) in [5.41, 5.74) is 13.5. The summed E-state index contributed by atoms with van der Waals surface area (Å²) >= 11 is 0.242. The molecule has 0 saturated heterocycles. The van der Waals surface area contributed by atoms with Gasteiger partial charge in [-0.3, -0.25) is 0 Å². The number of benzene rings is 9. The van der Waals surface area contributed by atoms with Gasteiger partial charge in [0.05, 0.1) is 0 Å². The van der Waals surface area contributed by atoms with Crippen LogP contribution in [-0.2, 0) is 10.8 Å². The molecule has 2 aliphatic rings. The molecule has 0 nitrogen and oxygen atoms in total. The van der Waals surface area contributed by atoms with Crippen LogP contribution in [0.3, 0.4) is 0 Å². The van der Waals surface area contributed by atoms with Gasteiger partial charge in [-0.05, 0) is 26.3 Å². The molecule has 0 aliphatic heterocycles. The van der Waals surface area contributed by atoms with Crippen LogP contribution in [0.25, 0.3) is 44.2 Å². The fourth-order valence-electron chi connectivity index (χ4n) is 10.7. The van der Waals surface area contributed by atoms with E-state index < -0.39 is 8.07 Å². The summed E-state index contributed by atoms with van der Waals surface area (Å²) in [4.78, 5) is 0. The van der Waals surface area contributed by atoms with E-state index in [1.807, 2.05) is 0 Å². The summed E-state index contributed by atoms with van der Waals surface area (Å²) in [6.45, 7) is 9.76. The van der Waals surface area contributed by atoms with Crippen LogP contribution in [-0.4, -0.2) is 23.0 Å². The third-order valence-corrected chi connectivity index (χ3v) is 20.7. The topological polar surface area (TPSA) is 0 Å². The van der Waals surface area contributed by atoms with Crippen molar-refractivity contribution in [1.82, 2.24) is 0 Å². The first kappa shape index (κ1) is 37.0. The van der Waals surface area contributed by atoms with Crippen molar-refractivity contribution in [3.8, 4) is 33.4 Å². The first-order chi connectivity index (χ1) is 29.3. The van der Waals surface area contributed by atoms with Gasteiger partial charge in [0, 0.05) is 0 Å². The Balaban J connectivity index is 1.02. The molecule has 9 aromatic rings. The van der Waals surface area contributed by atoms with E-state index in [-0.39, 0.29) is 25.8 Å². The van der Waals surface area contributed by atoms with Crippen molar-refractivity contribution >= 4 is 63.5 Å². The second kappa shape index (κ2) is 14.0. The summed E-state index contributed by atoms with van der Waals surface area (Å²) in [6.07, 6.45) is 0. The minimum absolute atomic E-state index is 0.148. The zero-order valence-corrected chi connectivity index (χ0v) is 37.3. The molecule has 0 radical (unpaired) electrons. The molecule has 0 unspecified atom stereocenters. The van der Waals surface area contributed by atoms with Gasteiger partial charge in [0.1, 0.15) is 0 Å². The van der Waals surface area contributed by atoms with Crippen LogP contribution in [0.2, 0.25) is 0 Å². The number of hydrogen-bond donors (Lipinski definition) is 0. The van der Waals surface area contributed by atoms with E-state index in [2.05, 4.69) is 234 Å². The normalized spacial score (nSPS) is 14.3. The molecule has 9 aromatic carbocycles. The van der Waals surface area contributed by atoms with Crippen molar-refractivity contribution in [1.29, 1.82) is 0 Å². The Kier molecular flexibility index (Phi) is 8.66. The molecule has 2 aliphatic carbocycles. The zero-order chi connectivity index (χ0) is 40.6. The Hall–Kier alpha value is -6.02. The second-order valence-electron chi connectivity index (χ2n) is 17.6. The third kappa shape index (κ3) is 5.55. The third-order valence-electron chi connectivity index (χ3n) is 13.7. The van der Waals surface area contributed by atoms with Gasteiger partial charge in [-0.25, -0.2) is 0 Å². The van der Waals surface area contributed by atoms with Crippen LogP contribution in [0.5, 0.6) is 0 Å². The second-order valence-corrected chi connectivity index (χ2v) is 23.8. The van der Waals surface area contributed by atoms with Gasteiger partial charge in [-0.2, -0.15) is 0 Å². The van der Waals surface area contributed by atoms with E-state index in [4.69, 9.17) is 0 Å². The molecule has 2 heteroatoms. The van der Waals surface area contributed by atoms with Crippen molar-refractivity contribution in [3.63, 3.8) is 0 Å². The Morgan fingerprint density at radius 3 is 1.32 bits per heavy atom. The van der Waals surface area contributed by atoms with Crippen LogP contribution >= 0.6 is 0 Å². The Morgan fingerprint density at radius 2 is 0.767 bits per heavy atom. The molecule has 0 atom stereocenters. The number of hydrogen-bond acceptors (Lipinski definition) is 0. The quantitative estimate of drug-likeness (QED) is 0.111. The molecule has 0 saturated carbocycles. The molecular weight excluding hydrogens is 804 g/mol. The molecule has 0 heterocycles. The summed E-state index contributed by atoms with van der Waals surface area (Å²) in [5, 5.41) is 8.34. The molecule has 60 heavy (non-hydrogen) atoms. The van der Waals surface area contributed by atoms with Gasteiger partial charge < -0.3 is 0 Å². The maximum absolute atomic E-state index is 2.67. The molecular formula is C58H46SeSi. The monoisotopic (exact) mass is 850 g/mol. The van der Waals surface area contributed by atoms with Crippen molar-refractivity contribution in [2.75, 3.05) is 0 Å². The first-order valence-electron chi connectivity index (χ1n) is 21.2. The minimum atomic E-state index is -2.67. The smallest absolute Gasteiger partial charge is 0.0623 e. The van der Waals surface area contributed by atoms with Gasteiger partial charge in [0.2, 0.25) is 0 Å². The molecule has 288 valence electrons. The molecule has 0 aromatic heterocycles.